The van der Waals surface area contributed by atoms with E-state index in [4.69, 9.17) is 11.6 Å². The number of carbonyl (C=O) groups excluding carboxylic acids is 2. The van der Waals surface area contributed by atoms with Crippen molar-refractivity contribution in [2.75, 3.05) is 30.2 Å². The summed E-state index contributed by atoms with van der Waals surface area (Å²) in [6.45, 7) is 3.45. The highest BCUT2D eigenvalue weighted by Crippen LogP contribution is 2.37. The molecule has 0 aliphatic rings. The van der Waals surface area contributed by atoms with E-state index >= 15 is 0 Å². The molecule has 0 heterocycles. The smallest absolute Gasteiger partial charge is 0.354 e. The molecule has 0 saturated heterocycles. The first kappa shape index (κ1) is 31.4. The Balaban J connectivity index is 2.42. The number of unbranched alkanes of at least 4 members (excludes halogenated alkanes) is 1. The van der Waals surface area contributed by atoms with Gasteiger partial charge in [0.25, 0.3) is 0 Å². The minimum atomic E-state index is -4.83. The van der Waals surface area contributed by atoms with Crippen molar-refractivity contribution in [2.24, 2.45) is 0 Å². The molecule has 12 heteroatoms. The van der Waals surface area contributed by atoms with Crippen molar-refractivity contribution in [3.63, 3.8) is 0 Å². The van der Waals surface area contributed by atoms with Gasteiger partial charge in [0, 0.05) is 13.1 Å². The number of benzene rings is 2. The SMILES string of the molecule is CCCCNC(=O)[C@@H](CC)N(CCc1ccccc1)C(=O)CN(c1ccc(Cl)c(C(F)(F)F)c1)S(C)(=O)=O. The van der Waals surface area contributed by atoms with Crippen molar-refractivity contribution in [2.45, 2.75) is 51.7 Å². The summed E-state index contributed by atoms with van der Waals surface area (Å²) in [7, 11) is -4.18. The zero-order valence-electron chi connectivity index (χ0n) is 21.6. The topological polar surface area (TPSA) is 86.8 Å². The molecule has 210 valence electrons. The van der Waals surface area contributed by atoms with E-state index in [1.807, 2.05) is 37.3 Å². The van der Waals surface area contributed by atoms with Crippen LogP contribution in [0.2, 0.25) is 5.02 Å². The molecule has 0 aliphatic heterocycles. The lowest BCUT2D eigenvalue weighted by Gasteiger charge is -2.33. The normalized spacial score (nSPS) is 12.6. The molecule has 0 bridgehead atoms. The molecule has 0 fully saturated rings. The fourth-order valence-electron chi connectivity index (χ4n) is 3.90. The van der Waals surface area contributed by atoms with Crippen LogP contribution >= 0.6 is 11.6 Å². The average molecular weight is 576 g/mol. The van der Waals surface area contributed by atoms with Gasteiger partial charge in [-0.3, -0.25) is 13.9 Å². The number of sulfonamides is 1. The fourth-order valence-corrected chi connectivity index (χ4v) is 4.97. The number of anilines is 1. The van der Waals surface area contributed by atoms with Crippen LogP contribution in [0.15, 0.2) is 48.5 Å². The Labute approximate surface area is 227 Å². The monoisotopic (exact) mass is 575 g/mol. The molecule has 1 atom stereocenters. The molecule has 2 aromatic carbocycles. The first-order valence-corrected chi connectivity index (χ1v) is 14.5. The number of carbonyl (C=O) groups is 2. The van der Waals surface area contributed by atoms with Crippen molar-refractivity contribution in [3.05, 3.63) is 64.7 Å². The summed E-state index contributed by atoms with van der Waals surface area (Å²) in [5, 5.41) is 2.21. The highest BCUT2D eigenvalue weighted by molar-refractivity contribution is 7.92. The van der Waals surface area contributed by atoms with Crippen molar-refractivity contribution >= 4 is 39.1 Å². The number of nitrogens with one attached hydrogen (secondary N) is 1. The zero-order valence-corrected chi connectivity index (χ0v) is 23.2. The van der Waals surface area contributed by atoms with E-state index in [1.54, 1.807) is 6.92 Å². The number of halogens is 4. The molecule has 2 amide bonds. The van der Waals surface area contributed by atoms with Gasteiger partial charge in [-0.2, -0.15) is 13.2 Å². The van der Waals surface area contributed by atoms with Gasteiger partial charge in [-0.05, 0) is 43.0 Å². The Morgan fingerprint density at radius 1 is 1.08 bits per heavy atom. The van der Waals surface area contributed by atoms with E-state index < -0.39 is 45.3 Å². The predicted octanol–water partition coefficient (Wildman–Crippen LogP) is 4.89. The van der Waals surface area contributed by atoms with Gasteiger partial charge in [-0.15, -0.1) is 0 Å². The Morgan fingerprint density at radius 3 is 2.29 bits per heavy atom. The average Bonchev–Trinajstić information content (AvgIpc) is 2.84. The van der Waals surface area contributed by atoms with Gasteiger partial charge in [-0.25, -0.2) is 8.42 Å². The lowest BCUT2D eigenvalue weighted by molar-refractivity contribution is -0.139. The zero-order chi connectivity index (χ0) is 28.5. The maximum atomic E-state index is 13.6. The second-order valence-electron chi connectivity index (χ2n) is 8.82. The summed E-state index contributed by atoms with van der Waals surface area (Å²) in [5.41, 5.74) is -0.680. The lowest BCUT2D eigenvalue weighted by atomic mass is 10.1. The Kier molecular flexibility index (Phi) is 11.4. The number of rotatable bonds is 13. The molecule has 0 aromatic heterocycles. The third-order valence-electron chi connectivity index (χ3n) is 5.92. The molecule has 7 nitrogen and oxygen atoms in total. The summed E-state index contributed by atoms with van der Waals surface area (Å²) >= 11 is 5.70. The highest BCUT2D eigenvalue weighted by atomic mass is 35.5. The van der Waals surface area contributed by atoms with Crippen molar-refractivity contribution in [1.29, 1.82) is 0 Å². The fraction of sp³-hybridized carbons (Fsp3) is 0.462. The van der Waals surface area contributed by atoms with Crippen molar-refractivity contribution in [1.82, 2.24) is 10.2 Å². The van der Waals surface area contributed by atoms with Gasteiger partial charge in [0.05, 0.1) is 22.5 Å². The quantitative estimate of drug-likeness (QED) is 0.345. The third kappa shape index (κ3) is 8.90. The van der Waals surface area contributed by atoms with Gasteiger partial charge >= 0.3 is 6.18 Å². The molecule has 0 aliphatic carbocycles. The van der Waals surface area contributed by atoms with Crippen LogP contribution in [0.4, 0.5) is 18.9 Å². The maximum absolute atomic E-state index is 13.6. The number of alkyl halides is 3. The van der Waals surface area contributed by atoms with E-state index in [0.29, 0.717) is 23.3 Å². The predicted molar refractivity (Wildman–Crippen MR) is 142 cm³/mol. The lowest BCUT2D eigenvalue weighted by Crippen LogP contribution is -2.53. The number of hydrogen-bond acceptors (Lipinski definition) is 4. The molecule has 0 spiro atoms. The number of hydrogen-bond donors (Lipinski definition) is 1. The van der Waals surface area contributed by atoms with Crippen LogP contribution in [-0.4, -0.2) is 57.1 Å². The Hall–Kier alpha value is -2.79. The minimum Gasteiger partial charge on any atom is -0.354 e. The largest absolute Gasteiger partial charge is 0.417 e. The van der Waals surface area contributed by atoms with E-state index in [-0.39, 0.29) is 24.6 Å². The molecular weight excluding hydrogens is 543 g/mol. The van der Waals surface area contributed by atoms with Crippen LogP contribution < -0.4 is 9.62 Å². The van der Waals surface area contributed by atoms with Gasteiger partial charge in [-0.1, -0.05) is 62.2 Å². The molecular formula is C26H33ClF3N3O4S. The summed E-state index contributed by atoms with van der Waals surface area (Å²) in [4.78, 5) is 27.8. The standard InChI is InChI=1S/C26H33ClF3N3O4S/c1-4-6-15-31-25(35)23(5-2)32(16-14-19-10-8-7-9-11-19)24(34)18-33(38(3,36)37)20-12-13-22(27)21(17-20)26(28,29)30/h7-13,17,23H,4-6,14-16,18H2,1-3H3,(H,31,35)/t23-/m1/s1. The van der Waals surface area contributed by atoms with Crippen LogP contribution in [-0.2, 0) is 32.2 Å². The van der Waals surface area contributed by atoms with Crippen LogP contribution in [0.1, 0.15) is 44.2 Å². The van der Waals surface area contributed by atoms with Crippen LogP contribution in [0.5, 0.6) is 0 Å². The summed E-state index contributed by atoms with van der Waals surface area (Å²) in [5.74, 6) is -1.09. The molecule has 0 radical (unpaired) electrons. The van der Waals surface area contributed by atoms with E-state index in [1.165, 1.54) is 4.90 Å². The third-order valence-corrected chi connectivity index (χ3v) is 7.39. The molecule has 0 saturated carbocycles. The van der Waals surface area contributed by atoms with Gasteiger partial charge in [0.15, 0.2) is 0 Å². The molecule has 38 heavy (non-hydrogen) atoms. The maximum Gasteiger partial charge on any atom is 0.417 e. The van der Waals surface area contributed by atoms with Gasteiger partial charge in [0.2, 0.25) is 21.8 Å². The van der Waals surface area contributed by atoms with Crippen LogP contribution in [0.3, 0.4) is 0 Å². The Bertz CT molecular complexity index is 1190. The molecule has 0 unspecified atom stereocenters. The van der Waals surface area contributed by atoms with Crippen LogP contribution in [0, 0.1) is 0 Å². The van der Waals surface area contributed by atoms with Crippen molar-refractivity contribution < 1.29 is 31.2 Å². The summed E-state index contributed by atoms with van der Waals surface area (Å²) < 4.78 is 66.2. The number of amides is 2. The van der Waals surface area contributed by atoms with Crippen molar-refractivity contribution in [3.8, 4) is 0 Å². The van der Waals surface area contributed by atoms with Gasteiger partial charge < -0.3 is 10.2 Å². The van der Waals surface area contributed by atoms with E-state index in [2.05, 4.69) is 5.32 Å². The second-order valence-corrected chi connectivity index (χ2v) is 11.1. The molecule has 2 rings (SSSR count). The van der Waals surface area contributed by atoms with Crippen LogP contribution in [0.25, 0.3) is 0 Å². The summed E-state index contributed by atoms with van der Waals surface area (Å²) in [6, 6.07) is 11.0. The van der Waals surface area contributed by atoms with E-state index in [0.717, 1.165) is 36.8 Å². The summed E-state index contributed by atoms with van der Waals surface area (Å²) in [6.07, 6.45) is -1.77. The first-order chi connectivity index (χ1) is 17.8. The minimum absolute atomic E-state index is 0.106. The first-order valence-electron chi connectivity index (χ1n) is 12.2. The molecule has 1 N–H and O–H groups in total. The van der Waals surface area contributed by atoms with Gasteiger partial charge in [0.1, 0.15) is 12.6 Å². The highest BCUT2D eigenvalue weighted by Gasteiger charge is 2.36. The second kappa shape index (κ2) is 13.8. The Morgan fingerprint density at radius 2 is 1.74 bits per heavy atom. The molecule has 2 aromatic rings. The number of nitrogens with zero attached hydrogens (tertiary/aromatic N) is 2. The van der Waals surface area contributed by atoms with E-state index in [9.17, 15) is 31.2 Å².